The van der Waals surface area contributed by atoms with Crippen molar-refractivity contribution in [3.8, 4) is 0 Å². The smallest absolute Gasteiger partial charge is 0.533 e. The number of rotatable bonds is 5. The Kier molecular flexibility index (Phi) is 5.08. The highest BCUT2D eigenvalue weighted by atomic mass is 27.2. The Morgan fingerprint density at radius 2 is 1.81 bits per heavy atom. The summed E-state index contributed by atoms with van der Waals surface area (Å²) < 4.78 is 18.4. The van der Waals surface area contributed by atoms with Gasteiger partial charge < -0.3 is 11.7 Å². The Labute approximate surface area is 120 Å². The fourth-order valence-electron chi connectivity index (χ4n) is 1.15. The molecule has 0 saturated heterocycles. The topological polar surface area (TPSA) is 87.1 Å². The molecule has 2 heterocycles. The molecule has 0 amide bonds. The lowest BCUT2D eigenvalue weighted by atomic mass is 10.8. The zero-order valence-corrected chi connectivity index (χ0v) is 16.0. The van der Waals surface area contributed by atoms with Crippen LogP contribution in [0.5, 0.6) is 0 Å². The van der Waals surface area contributed by atoms with Crippen molar-refractivity contribution < 1.29 is 11.7 Å². The Morgan fingerprint density at radius 1 is 1.06 bits per heavy atom. The van der Waals surface area contributed by atoms with Crippen molar-refractivity contribution in [2.45, 2.75) is 5.28 Å². The molecule has 0 bridgehead atoms. The second-order valence-electron chi connectivity index (χ2n) is 3.23. The normalized spacial score (nSPS) is 10.2. The molecule has 0 fully saturated rings. The minimum atomic E-state index is -0.837. The van der Waals surface area contributed by atoms with Crippen molar-refractivity contribution in [3.63, 3.8) is 0 Å². The zero-order chi connectivity index (χ0) is 11.4. The van der Waals surface area contributed by atoms with Gasteiger partial charge in [0.05, 0.1) is 0 Å². The van der Waals surface area contributed by atoms with E-state index in [1.165, 1.54) is 0 Å². The third kappa shape index (κ3) is 3.99. The first kappa shape index (κ1) is 12.8. The van der Waals surface area contributed by atoms with Gasteiger partial charge in [0.1, 0.15) is 9.51 Å². The summed E-state index contributed by atoms with van der Waals surface area (Å²) in [7, 11) is 0. The molecular weight excluding hydrogens is 272 g/mol. The second-order valence-corrected chi connectivity index (χ2v) is 8.38. The van der Waals surface area contributed by atoms with Crippen molar-refractivity contribution >= 4 is 77.9 Å². The minimum absolute atomic E-state index is 0.644. The van der Waals surface area contributed by atoms with Crippen molar-refractivity contribution in [2.24, 2.45) is 0 Å². The lowest BCUT2D eigenvalue weighted by Crippen LogP contribution is -2.21. The van der Waals surface area contributed by atoms with Gasteiger partial charge in [-0.05, 0) is 0 Å². The predicted octanol–water partition coefficient (Wildman–Crippen LogP) is -5.49. The summed E-state index contributed by atoms with van der Waals surface area (Å²) in [5, 5.41) is 16.3. The first-order valence-electron chi connectivity index (χ1n) is 4.90. The number of nitrogens with zero attached hydrogens (tertiary/aromatic N) is 4. The van der Waals surface area contributed by atoms with E-state index >= 15 is 0 Å². The summed E-state index contributed by atoms with van der Waals surface area (Å²) in [4.78, 5) is 0. The van der Waals surface area contributed by atoms with Crippen LogP contribution in [-0.2, 0) is 8.12 Å². The number of hydrogen-bond acceptors (Lipinski definition) is 7. The lowest BCUT2D eigenvalue weighted by molar-refractivity contribution is 0.531. The molecule has 0 aliphatic heterocycles. The molecule has 0 N–H and O–H groups in total. The standard InChI is InChI=1S/C3H2N2O.C2N2O.4Al.O.6H/c1-3-5-4-2-6-3;1-3-4-2-5-1;;;;;;;;;;;/h1H2;;;;;;;;;;;;. The molecule has 0 aliphatic carbocycles. The largest absolute Gasteiger partial charge is 0.635 e. The van der Waals surface area contributed by atoms with E-state index in [4.69, 9.17) is 11.7 Å². The molecule has 0 radical (unpaired) electrons. The molecule has 0 spiro atoms. The average Bonchev–Trinajstić information content (AvgIpc) is 2.83. The number of aromatic nitrogens is 4. The first-order chi connectivity index (χ1) is 7.74. The van der Waals surface area contributed by atoms with E-state index in [2.05, 4.69) is 20.4 Å². The zero-order valence-electron chi connectivity index (χ0n) is 9.13. The molecule has 0 unspecified atom stereocenters. The van der Waals surface area contributed by atoms with Crippen molar-refractivity contribution in [1.82, 2.24) is 20.4 Å². The number of hydrogen-bond donors (Lipinski definition) is 0. The Morgan fingerprint density at radius 3 is 2.44 bits per heavy atom. The highest BCUT2D eigenvalue weighted by Crippen LogP contribution is 1.89. The van der Waals surface area contributed by atoms with Crippen LogP contribution in [0, 0.1) is 0 Å². The molecule has 2 rings (SSSR count). The van der Waals surface area contributed by atoms with Gasteiger partial charge in [0, 0.05) is 5.28 Å². The van der Waals surface area contributed by atoms with Crippen LogP contribution < -0.4 is 14.3 Å². The van der Waals surface area contributed by atoms with Gasteiger partial charge >= 0.3 is 63.7 Å². The van der Waals surface area contributed by atoms with Crippen LogP contribution in [0.25, 0.3) is 0 Å². The van der Waals surface area contributed by atoms with Crippen LogP contribution in [0.15, 0.2) is 8.83 Å². The molecule has 11 heteroatoms. The maximum atomic E-state index is 5.63. The highest BCUT2D eigenvalue weighted by Gasteiger charge is 2.10. The summed E-state index contributed by atoms with van der Waals surface area (Å²) in [6, 6.07) is 0. The molecule has 0 aliphatic rings. The average molecular weight is 280 g/mol. The quantitative estimate of drug-likeness (QED) is 0.399. The van der Waals surface area contributed by atoms with Gasteiger partial charge in [-0.2, -0.15) is 0 Å². The molecular formula is C5H8Al4N4O3. The highest BCUT2D eigenvalue weighted by molar-refractivity contribution is 6.52. The molecule has 0 atom stereocenters. The molecule has 16 heavy (non-hydrogen) atoms. The second kappa shape index (κ2) is 6.34. The van der Waals surface area contributed by atoms with Crippen molar-refractivity contribution in [1.29, 1.82) is 0 Å². The Bertz CT molecular complexity index is 418. The SMILES string of the molecule is [AlH2][c]1nnc([CH2][AlH][O][AlH][c]2nn[c]([AlH2])o2)o1. The van der Waals surface area contributed by atoms with E-state index in [0.29, 0.717) is 10.6 Å². The van der Waals surface area contributed by atoms with Gasteiger partial charge in [-0.15, -0.1) is 20.4 Å². The van der Waals surface area contributed by atoms with E-state index < -0.39 is 31.1 Å². The fourth-order valence-corrected chi connectivity index (χ4v) is 4.74. The van der Waals surface area contributed by atoms with Crippen LogP contribution in [0.4, 0.5) is 0 Å². The van der Waals surface area contributed by atoms with E-state index in [0.717, 1.165) is 47.4 Å². The molecule has 2 aromatic heterocycles. The summed E-state index contributed by atoms with van der Waals surface area (Å²) in [6.45, 7) is 0. The van der Waals surface area contributed by atoms with Crippen LogP contribution in [0.1, 0.15) is 5.89 Å². The van der Waals surface area contributed by atoms with E-state index in [9.17, 15) is 0 Å². The van der Waals surface area contributed by atoms with Crippen LogP contribution in [-0.4, -0.2) is 84.1 Å². The minimum Gasteiger partial charge on any atom is -0.635 e. The molecule has 78 valence electrons. The maximum Gasteiger partial charge on any atom is 0.533 e. The Balaban J connectivity index is 1.69. The van der Waals surface area contributed by atoms with E-state index in [-0.39, 0.29) is 0 Å². The summed E-state index contributed by atoms with van der Waals surface area (Å²) >= 11 is 0.115. The summed E-state index contributed by atoms with van der Waals surface area (Å²) in [5.74, 6) is 0.694. The van der Waals surface area contributed by atoms with Gasteiger partial charge in [0.2, 0.25) is 5.89 Å². The Hall–Kier alpha value is 0.370. The van der Waals surface area contributed by atoms with Crippen LogP contribution in [0.3, 0.4) is 0 Å². The van der Waals surface area contributed by atoms with Gasteiger partial charge in [-0.1, -0.05) is 0 Å². The lowest BCUT2D eigenvalue weighted by Gasteiger charge is -1.95. The van der Waals surface area contributed by atoms with Gasteiger partial charge in [0.15, 0.2) is 4.75 Å². The summed E-state index contributed by atoms with van der Waals surface area (Å²) in [5.41, 5.74) is 0. The van der Waals surface area contributed by atoms with Crippen LogP contribution >= 0.6 is 0 Å². The van der Waals surface area contributed by atoms with Gasteiger partial charge in [-0.25, -0.2) is 0 Å². The van der Waals surface area contributed by atoms with Gasteiger partial charge in [-0.3, -0.25) is 0 Å². The third-order valence-corrected chi connectivity index (χ3v) is 5.77. The maximum absolute atomic E-state index is 5.63. The molecule has 0 saturated carbocycles. The van der Waals surface area contributed by atoms with Crippen molar-refractivity contribution in [3.05, 3.63) is 5.89 Å². The monoisotopic (exact) mass is 280 g/mol. The van der Waals surface area contributed by atoms with E-state index in [1.54, 1.807) is 0 Å². The van der Waals surface area contributed by atoms with Crippen LogP contribution in [0.2, 0.25) is 0 Å². The first-order valence-corrected chi connectivity index (χ1v) is 9.76. The predicted molar refractivity (Wildman–Crippen MR) is 63.7 cm³/mol. The summed E-state index contributed by atoms with van der Waals surface area (Å²) in [6.07, 6.45) is 0. The molecule has 0 aromatic carbocycles. The van der Waals surface area contributed by atoms with Gasteiger partial charge in [0.25, 0.3) is 0 Å². The molecule has 7 nitrogen and oxygen atoms in total. The van der Waals surface area contributed by atoms with E-state index in [1.807, 2.05) is 0 Å². The molecule has 2 aromatic rings. The third-order valence-electron chi connectivity index (χ3n) is 1.82. The fraction of sp³-hybridized carbons (Fsp3) is 0.200. The van der Waals surface area contributed by atoms with Crippen molar-refractivity contribution in [2.75, 3.05) is 0 Å².